The molecule has 0 saturated carbocycles. The number of benzene rings is 9. The lowest BCUT2D eigenvalue weighted by Crippen LogP contribution is -2.28. The molecule has 6 N–H and O–H groups in total. The molecule has 9 aromatic rings. The molecule has 76 heavy (non-hydrogen) atoms. The molecule has 0 fully saturated rings. The molecule has 396 valence electrons. The molecule has 0 saturated heterocycles. The second-order valence-corrected chi connectivity index (χ2v) is 18.4. The zero-order valence-corrected chi connectivity index (χ0v) is 44.4. The molecule has 9 rings (SSSR count). The van der Waals surface area contributed by atoms with Gasteiger partial charge in [0.25, 0.3) is 5.97 Å². The third-order valence-corrected chi connectivity index (χ3v) is 13.2. The normalized spacial score (nSPS) is 10.5. The zero-order valence-electron chi connectivity index (χ0n) is 42.7. The number of thioether (sulfide) groups is 1. The standard InChI is InChI=1S/C21H20OS.2C19H16O.C3H8O.C2H4O2.C2H6OS.CH4/c22-16-17-23-21(18-10-4-1-5-11-18,19-12-6-2-7-13-19)20-14-8-3-9-15-20;2*20-19(16-10-4-1-5-11-16,17-12-6-2-7-13-17)18-14-8-3-9-15-18;1-2-3-4;1-2(3)4;3-1-2-4;/h1-15,22H,16-17H2;2*1-15,20H;4H,2-3H2,1H3;1H3,(H,3,4);3-4H,1-2H2;1H4. The van der Waals surface area contributed by atoms with E-state index in [1.807, 2.05) is 207 Å². The van der Waals surface area contributed by atoms with E-state index in [1.54, 1.807) is 11.8 Å². The summed E-state index contributed by atoms with van der Waals surface area (Å²) in [4.78, 5) is 9.00. The van der Waals surface area contributed by atoms with Gasteiger partial charge in [0.2, 0.25) is 0 Å². The molecule has 0 aliphatic rings. The number of thiol groups is 1. The molecule has 0 radical (unpaired) electrons. The molecule has 0 aliphatic heterocycles. The third kappa shape index (κ3) is 18.4. The minimum absolute atomic E-state index is 0. The van der Waals surface area contributed by atoms with E-state index in [2.05, 4.69) is 85.4 Å². The maximum Gasteiger partial charge on any atom is 0.300 e. The van der Waals surface area contributed by atoms with E-state index < -0.39 is 17.2 Å². The van der Waals surface area contributed by atoms with Crippen molar-refractivity contribution in [1.29, 1.82) is 0 Å². The third-order valence-electron chi connectivity index (χ3n) is 11.4. The molecule has 7 nitrogen and oxygen atoms in total. The minimum Gasteiger partial charge on any atom is -0.481 e. The van der Waals surface area contributed by atoms with Crippen molar-refractivity contribution in [2.24, 2.45) is 0 Å². The van der Waals surface area contributed by atoms with Gasteiger partial charge in [-0.15, -0.1) is 11.8 Å². The predicted molar refractivity (Wildman–Crippen MR) is 320 cm³/mol. The number of rotatable bonds is 14. The van der Waals surface area contributed by atoms with Gasteiger partial charge in [-0.3, -0.25) is 4.79 Å². The van der Waals surface area contributed by atoms with Crippen LogP contribution in [0.3, 0.4) is 0 Å². The first-order valence-corrected chi connectivity index (χ1v) is 26.4. The van der Waals surface area contributed by atoms with Crippen LogP contribution in [0.1, 0.15) is 77.8 Å². The van der Waals surface area contributed by atoms with E-state index in [9.17, 15) is 15.3 Å². The Bertz CT molecular complexity index is 2410. The number of hydrogen-bond donors (Lipinski definition) is 7. The molecular formula is C67H74O7S2. The summed E-state index contributed by atoms with van der Waals surface area (Å²) in [6.07, 6.45) is 0.875. The smallest absolute Gasteiger partial charge is 0.300 e. The van der Waals surface area contributed by atoms with Gasteiger partial charge in [-0.25, -0.2) is 0 Å². The van der Waals surface area contributed by atoms with E-state index in [4.69, 9.17) is 20.1 Å². The van der Waals surface area contributed by atoms with Crippen LogP contribution in [0, 0.1) is 0 Å². The van der Waals surface area contributed by atoms with Crippen molar-refractivity contribution in [2.75, 3.05) is 31.3 Å². The quantitative estimate of drug-likeness (QED) is 0.0422. The molecular weight excluding hydrogens is 981 g/mol. The van der Waals surface area contributed by atoms with Crippen LogP contribution >= 0.6 is 24.4 Å². The topological polar surface area (TPSA) is 138 Å². The van der Waals surface area contributed by atoms with Gasteiger partial charge < -0.3 is 30.6 Å². The fourth-order valence-corrected chi connectivity index (χ4v) is 9.35. The maximum atomic E-state index is 11.4. The van der Waals surface area contributed by atoms with Crippen molar-refractivity contribution in [1.82, 2.24) is 0 Å². The van der Waals surface area contributed by atoms with Crippen LogP contribution in [-0.4, -0.2) is 67.9 Å². The van der Waals surface area contributed by atoms with Crippen LogP contribution in [0.2, 0.25) is 0 Å². The fourth-order valence-electron chi connectivity index (χ4n) is 8.04. The van der Waals surface area contributed by atoms with Crippen molar-refractivity contribution in [3.05, 3.63) is 323 Å². The highest BCUT2D eigenvalue weighted by molar-refractivity contribution is 8.00. The van der Waals surface area contributed by atoms with Crippen LogP contribution in [0.5, 0.6) is 0 Å². The van der Waals surface area contributed by atoms with Gasteiger partial charge in [0.05, 0.1) is 18.0 Å². The Morgan fingerprint density at radius 1 is 0.382 bits per heavy atom. The van der Waals surface area contributed by atoms with Crippen LogP contribution in [-0.2, 0) is 20.7 Å². The number of aliphatic carboxylic acids is 1. The fraction of sp³-hybridized carbons (Fsp3) is 0.179. The number of carbonyl (C=O) groups is 1. The van der Waals surface area contributed by atoms with Gasteiger partial charge in [0.15, 0.2) is 0 Å². The SMILES string of the molecule is C.CC(=O)O.CCCO.OC(c1ccccc1)(c1ccccc1)c1ccccc1.OC(c1ccccc1)(c1ccccc1)c1ccccc1.OCCS.OCCSC(c1ccccc1)(c1ccccc1)c1ccccc1. The molecule has 0 aliphatic carbocycles. The first-order valence-electron chi connectivity index (χ1n) is 24.8. The molecule has 9 heteroatoms. The Hall–Kier alpha value is -7.05. The summed E-state index contributed by atoms with van der Waals surface area (Å²) in [6.45, 7) is 3.68. The Balaban J connectivity index is 0.000000270. The van der Waals surface area contributed by atoms with E-state index >= 15 is 0 Å². The second-order valence-electron chi connectivity index (χ2n) is 16.7. The number of aliphatic hydroxyl groups excluding tert-OH is 3. The second kappa shape index (κ2) is 35.3. The summed E-state index contributed by atoms with van der Waals surface area (Å²) in [5.41, 5.74) is 6.69. The van der Waals surface area contributed by atoms with Gasteiger partial charge in [-0.1, -0.05) is 287 Å². The van der Waals surface area contributed by atoms with Gasteiger partial charge in [0, 0.05) is 25.0 Å². The molecule has 0 aromatic heterocycles. The lowest BCUT2D eigenvalue weighted by molar-refractivity contribution is -0.134. The highest BCUT2D eigenvalue weighted by atomic mass is 32.2. The molecule has 0 atom stereocenters. The summed E-state index contributed by atoms with van der Waals surface area (Å²) in [5.74, 6) is 0.415. The average Bonchev–Trinajstić information content (AvgIpc) is 3.49. The molecule has 0 heterocycles. The lowest BCUT2D eigenvalue weighted by atomic mass is 9.80. The number of carboxylic acids is 1. The van der Waals surface area contributed by atoms with Crippen LogP contribution < -0.4 is 0 Å². The molecule has 0 bridgehead atoms. The first kappa shape index (κ1) is 63.2. The lowest BCUT2D eigenvalue weighted by Gasteiger charge is -2.35. The van der Waals surface area contributed by atoms with Gasteiger partial charge in [0.1, 0.15) is 11.2 Å². The Morgan fingerprint density at radius 3 is 0.671 bits per heavy atom. The molecule has 0 unspecified atom stereocenters. The van der Waals surface area contributed by atoms with Crippen LogP contribution in [0.4, 0.5) is 0 Å². The largest absolute Gasteiger partial charge is 0.481 e. The van der Waals surface area contributed by atoms with Crippen LogP contribution in [0.25, 0.3) is 0 Å². The Labute approximate surface area is 461 Å². The first-order chi connectivity index (χ1) is 36.6. The highest BCUT2D eigenvalue weighted by Gasteiger charge is 2.37. The van der Waals surface area contributed by atoms with Crippen LogP contribution in [0.15, 0.2) is 273 Å². The van der Waals surface area contributed by atoms with E-state index in [1.165, 1.54) is 16.7 Å². The summed E-state index contributed by atoms with van der Waals surface area (Å²) in [5, 5.41) is 55.4. The summed E-state index contributed by atoms with van der Waals surface area (Å²) in [7, 11) is 0. The van der Waals surface area contributed by atoms with Crippen molar-refractivity contribution in [2.45, 2.75) is 43.6 Å². The van der Waals surface area contributed by atoms with Crippen molar-refractivity contribution >= 4 is 30.4 Å². The summed E-state index contributed by atoms with van der Waals surface area (Å²) < 4.78 is -0.313. The molecule has 0 amide bonds. The van der Waals surface area contributed by atoms with E-state index in [0.29, 0.717) is 18.1 Å². The summed E-state index contributed by atoms with van der Waals surface area (Å²) in [6, 6.07) is 90.3. The number of aliphatic hydroxyl groups is 5. The average molecular weight is 1060 g/mol. The minimum atomic E-state index is -1.12. The monoisotopic (exact) mass is 1050 g/mol. The molecule has 0 spiro atoms. The van der Waals surface area contributed by atoms with Crippen molar-refractivity contribution < 1.29 is 35.4 Å². The van der Waals surface area contributed by atoms with Gasteiger partial charge >= 0.3 is 0 Å². The summed E-state index contributed by atoms with van der Waals surface area (Å²) >= 11 is 5.45. The van der Waals surface area contributed by atoms with Gasteiger partial charge in [-0.05, 0) is 56.5 Å². The van der Waals surface area contributed by atoms with E-state index in [0.717, 1.165) is 46.7 Å². The zero-order chi connectivity index (χ0) is 54.0. The Morgan fingerprint density at radius 2 is 0.539 bits per heavy atom. The number of carboxylic acid groups (broad SMARTS) is 1. The Kier molecular flexibility index (Phi) is 29.3. The number of hydrogen-bond acceptors (Lipinski definition) is 8. The van der Waals surface area contributed by atoms with Gasteiger partial charge in [-0.2, -0.15) is 12.6 Å². The predicted octanol–water partition coefficient (Wildman–Crippen LogP) is 13.7. The molecule has 9 aromatic carbocycles. The van der Waals surface area contributed by atoms with Crippen molar-refractivity contribution in [3.8, 4) is 0 Å². The maximum absolute atomic E-state index is 11.4. The highest BCUT2D eigenvalue weighted by Crippen LogP contribution is 2.48. The van der Waals surface area contributed by atoms with Crippen molar-refractivity contribution in [3.63, 3.8) is 0 Å². The van der Waals surface area contributed by atoms with E-state index in [-0.39, 0.29) is 25.4 Å².